The van der Waals surface area contributed by atoms with Crippen LogP contribution in [0.3, 0.4) is 0 Å². The van der Waals surface area contributed by atoms with Gasteiger partial charge in [0.2, 0.25) is 5.91 Å². The predicted molar refractivity (Wildman–Crippen MR) is 125 cm³/mol. The van der Waals surface area contributed by atoms with Crippen LogP contribution in [0.1, 0.15) is 42.5 Å². The van der Waals surface area contributed by atoms with E-state index in [1.165, 1.54) is 17.3 Å². The van der Waals surface area contributed by atoms with Crippen molar-refractivity contribution in [3.05, 3.63) is 71.0 Å². The summed E-state index contributed by atoms with van der Waals surface area (Å²) in [5, 5.41) is 12.3. The lowest BCUT2D eigenvalue weighted by atomic mass is 10.1. The average molecular weight is 439 g/mol. The van der Waals surface area contributed by atoms with E-state index in [4.69, 9.17) is 4.74 Å². The van der Waals surface area contributed by atoms with Crippen molar-refractivity contribution in [1.29, 1.82) is 0 Å². The highest BCUT2D eigenvalue weighted by Crippen LogP contribution is 2.26. The summed E-state index contributed by atoms with van der Waals surface area (Å²) in [7, 11) is 0. The summed E-state index contributed by atoms with van der Waals surface area (Å²) < 4.78 is 8.14. The lowest BCUT2D eigenvalue weighted by Crippen LogP contribution is -2.27. The van der Waals surface area contributed by atoms with Crippen LogP contribution in [0, 0.1) is 13.8 Å². The van der Waals surface area contributed by atoms with Crippen LogP contribution in [-0.2, 0) is 17.8 Å². The molecule has 0 aliphatic heterocycles. The van der Waals surface area contributed by atoms with E-state index in [1.54, 1.807) is 0 Å². The number of rotatable bonds is 10. The highest BCUT2D eigenvalue weighted by Gasteiger charge is 2.19. The van der Waals surface area contributed by atoms with Gasteiger partial charge in [0.25, 0.3) is 0 Å². The van der Waals surface area contributed by atoms with Crippen molar-refractivity contribution in [2.75, 3.05) is 12.3 Å². The van der Waals surface area contributed by atoms with Crippen molar-refractivity contribution >= 4 is 17.7 Å². The third kappa shape index (κ3) is 6.59. The number of aromatic nitrogens is 3. The summed E-state index contributed by atoms with van der Waals surface area (Å²) in [4.78, 5) is 12.2. The molecule has 1 heterocycles. The monoisotopic (exact) mass is 438 g/mol. The SMILES string of the molecule is CCn1c(SCC(=O)NCCc2ccccc2)nnc1C(C)Oc1cc(C)cc(C)c1. The summed E-state index contributed by atoms with van der Waals surface area (Å²) in [5.74, 6) is 1.88. The Labute approximate surface area is 188 Å². The number of thioether (sulfide) groups is 1. The first-order chi connectivity index (χ1) is 15.0. The number of carbonyl (C=O) groups is 1. The third-order valence-corrected chi connectivity index (χ3v) is 5.81. The molecule has 7 heteroatoms. The van der Waals surface area contributed by atoms with Crippen LogP contribution >= 0.6 is 11.8 Å². The Morgan fingerprint density at radius 3 is 2.52 bits per heavy atom. The van der Waals surface area contributed by atoms with Crippen LogP contribution < -0.4 is 10.1 Å². The fourth-order valence-electron chi connectivity index (χ4n) is 3.43. The van der Waals surface area contributed by atoms with E-state index >= 15 is 0 Å². The number of ether oxygens (including phenoxy) is 1. The van der Waals surface area contributed by atoms with Gasteiger partial charge in [-0.15, -0.1) is 10.2 Å². The van der Waals surface area contributed by atoms with Gasteiger partial charge in [-0.05, 0) is 62.9 Å². The molecule has 31 heavy (non-hydrogen) atoms. The molecule has 0 saturated heterocycles. The first kappa shape index (κ1) is 22.9. The minimum atomic E-state index is -0.248. The quantitative estimate of drug-likeness (QED) is 0.472. The second-order valence-corrected chi connectivity index (χ2v) is 8.49. The van der Waals surface area contributed by atoms with Crippen LogP contribution in [-0.4, -0.2) is 33.0 Å². The maximum Gasteiger partial charge on any atom is 0.230 e. The fraction of sp³-hybridized carbons (Fsp3) is 0.375. The van der Waals surface area contributed by atoms with E-state index in [-0.39, 0.29) is 12.0 Å². The van der Waals surface area contributed by atoms with Gasteiger partial charge in [-0.2, -0.15) is 0 Å². The van der Waals surface area contributed by atoms with Gasteiger partial charge in [-0.25, -0.2) is 0 Å². The molecule has 3 rings (SSSR count). The van der Waals surface area contributed by atoms with Crippen molar-refractivity contribution in [2.24, 2.45) is 0 Å². The molecular weight excluding hydrogens is 408 g/mol. The zero-order valence-electron chi connectivity index (χ0n) is 18.6. The maximum absolute atomic E-state index is 12.2. The van der Waals surface area contributed by atoms with Crippen LogP contribution in [0.5, 0.6) is 5.75 Å². The number of nitrogens with zero attached hydrogens (tertiary/aromatic N) is 3. The van der Waals surface area contributed by atoms with Gasteiger partial charge in [0.1, 0.15) is 5.75 Å². The minimum Gasteiger partial charge on any atom is -0.483 e. The minimum absolute atomic E-state index is 0.00679. The van der Waals surface area contributed by atoms with Crippen LogP contribution in [0.25, 0.3) is 0 Å². The van der Waals surface area contributed by atoms with E-state index in [2.05, 4.69) is 47.6 Å². The highest BCUT2D eigenvalue weighted by molar-refractivity contribution is 7.99. The maximum atomic E-state index is 12.2. The topological polar surface area (TPSA) is 69.0 Å². The Bertz CT molecular complexity index is 984. The molecule has 0 fully saturated rings. The van der Waals surface area contributed by atoms with Crippen molar-refractivity contribution in [3.63, 3.8) is 0 Å². The lowest BCUT2D eigenvalue weighted by Gasteiger charge is -2.16. The molecule has 1 aromatic heterocycles. The van der Waals surface area contributed by atoms with Gasteiger partial charge < -0.3 is 14.6 Å². The van der Waals surface area contributed by atoms with E-state index in [9.17, 15) is 4.79 Å². The standard InChI is InChI=1S/C24H30N4O2S/c1-5-28-23(19(4)30-21-14-17(2)13-18(3)15-21)26-27-24(28)31-16-22(29)25-12-11-20-9-7-6-8-10-20/h6-10,13-15,19H,5,11-12,16H2,1-4H3,(H,25,29). The smallest absolute Gasteiger partial charge is 0.230 e. The van der Waals surface area contributed by atoms with Crippen molar-refractivity contribution in [1.82, 2.24) is 20.1 Å². The number of hydrogen-bond donors (Lipinski definition) is 1. The summed E-state index contributed by atoms with van der Waals surface area (Å²) in [6.07, 6.45) is 0.572. The van der Waals surface area contributed by atoms with E-state index in [1.807, 2.05) is 48.7 Å². The zero-order valence-corrected chi connectivity index (χ0v) is 19.4. The largest absolute Gasteiger partial charge is 0.483 e. The number of amides is 1. The molecule has 0 aliphatic rings. The lowest BCUT2D eigenvalue weighted by molar-refractivity contribution is -0.118. The number of nitrogens with one attached hydrogen (secondary N) is 1. The van der Waals surface area contributed by atoms with E-state index in [0.29, 0.717) is 18.8 Å². The molecule has 1 N–H and O–H groups in total. The van der Waals surface area contributed by atoms with Gasteiger partial charge in [0.15, 0.2) is 17.1 Å². The third-order valence-electron chi connectivity index (χ3n) is 4.84. The molecule has 2 aromatic carbocycles. The molecule has 6 nitrogen and oxygen atoms in total. The Morgan fingerprint density at radius 1 is 1.13 bits per heavy atom. The average Bonchev–Trinajstić information content (AvgIpc) is 3.15. The molecule has 1 atom stereocenters. The normalized spacial score (nSPS) is 11.9. The summed E-state index contributed by atoms with van der Waals surface area (Å²) in [6.45, 7) is 9.45. The van der Waals surface area contributed by atoms with Gasteiger partial charge in [-0.1, -0.05) is 48.2 Å². The number of aryl methyl sites for hydroxylation is 2. The zero-order chi connectivity index (χ0) is 22.2. The van der Waals surface area contributed by atoms with E-state index in [0.717, 1.165) is 34.3 Å². The van der Waals surface area contributed by atoms with Gasteiger partial charge in [-0.3, -0.25) is 4.79 Å². The molecule has 1 unspecified atom stereocenters. The molecule has 0 bridgehead atoms. The molecular formula is C24H30N4O2S. The summed E-state index contributed by atoms with van der Waals surface area (Å²) in [6, 6.07) is 16.3. The summed E-state index contributed by atoms with van der Waals surface area (Å²) in [5.41, 5.74) is 3.53. The Morgan fingerprint density at radius 2 is 1.84 bits per heavy atom. The number of benzene rings is 2. The highest BCUT2D eigenvalue weighted by atomic mass is 32.2. The van der Waals surface area contributed by atoms with Gasteiger partial charge >= 0.3 is 0 Å². The first-order valence-electron chi connectivity index (χ1n) is 10.6. The number of carbonyl (C=O) groups excluding carboxylic acids is 1. The van der Waals surface area contributed by atoms with Gasteiger partial charge in [0, 0.05) is 13.1 Å². The second kappa shape index (κ2) is 11.0. The summed E-state index contributed by atoms with van der Waals surface area (Å²) >= 11 is 1.40. The van der Waals surface area contributed by atoms with Crippen LogP contribution in [0.2, 0.25) is 0 Å². The molecule has 3 aromatic rings. The Hall–Kier alpha value is -2.80. The Kier molecular flexibility index (Phi) is 8.12. The molecule has 1 amide bonds. The predicted octanol–water partition coefficient (Wildman–Crippen LogP) is 4.51. The second-order valence-electron chi connectivity index (χ2n) is 7.54. The van der Waals surface area contributed by atoms with Crippen molar-refractivity contribution in [3.8, 4) is 5.75 Å². The molecule has 0 aliphatic carbocycles. The van der Waals surface area contributed by atoms with Crippen LogP contribution in [0.15, 0.2) is 53.7 Å². The van der Waals surface area contributed by atoms with Gasteiger partial charge in [0.05, 0.1) is 5.75 Å². The molecule has 0 radical (unpaired) electrons. The number of hydrogen-bond acceptors (Lipinski definition) is 5. The van der Waals surface area contributed by atoms with Crippen molar-refractivity contribution < 1.29 is 9.53 Å². The fourth-order valence-corrected chi connectivity index (χ4v) is 4.27. The molecule has 164 valence electrons. The van der Waals surface area contributed by atoms with Crippen LogP contribution in [0.4, 0.5) is 0 Å². The molecule has 0 spiro atoms. The van der Waals surface area contributed by atoms with E-state index < -0.39 is 0 Å². The first-order valence-corrected chi connectivity index (χ1v) is 11.6. The molecule has 0 saturated carbocycles. The van der Waals surface area contributed by atoms with Crippen molar-refractivity contribution in [2.45, 2.75) is 51.9 Å². The Balaban J connectivity index is 1.54.